The molecule has 0 aromatic heterocycles. The van der Waals surface area contributed by atoms with Crippen LogP contribution in [0.2, 0.25) is 0 Å². The zero-order valence-corrected chi connectivity index (χ0v) is 14.1. The molecule has 24 heavy (non-hydrogen) atoms. The molecule has 0 saturated carbocycles. The van der Waals surface area contributed by atoms with Crippen LogP contribution in [-0.2, 0) is 4.79 Å². The lowest BCUT2D eigenvalue weighted by Crippen LogP contribution is -2.51. The Balaban J connectivity index is 2.11. The molecule has 130 valence electrons. The molecule has 1 aliphatic heterocycles. The fourth-order valence-electron chi connectivity index (χ4n) is 2.55. The van der Waals surface area contributed by atoms with Gasteiger partial charge in [0.05, 0.1) is 12.0 Å². The summed E-state index contributed by atoms with van der Waals surface area (Å²) in [6.45, 7) is 6.67. The van der Waals surface area contributed by atoms with Crippen LogP contribution in [0.3, 0.4) is 0 Å². The molecule has 1 atom stereocenters. The third-order valence-corrected chi connectivity index (χ3v) is 4.49. The van der Waals surface area contributed by atoms with Gasteiger partial charge in [-0.3, -0.25) is 14.5 Å². The Hall–Kier alpha value is -2.57. The van der Waals surface area contributed by atoms with E-state index in [1.807, 2.05) is 13.8 Å². The van der Waals surface area contributed by atoms with E-state index in [0.717, 1.165) is 5.69 Å². The van der Waals surface area contributed by atoms with Crippen molar-refractivity contribution in [2.24, 2.45) is 5.92 Å². The molecular formula is C17H23N3O4. The van der Waals surface area contributed by atoms with Crippen molar-refractivity contribution in [1.82, 2.24) is 10.6 Å². The van der Waals surface area contributed by atoms with Crippen LogP contribution >= 0.6 is 0 Å². The Labute approximate surface area is 141 Å². The number of nitrogens with zero attached hydrogens (tertiary/aromatic N) is 1. The number of rotatable bonds is 6. The standard InChI is InChI=1S/C17H23N3O4/c1-11(2)17(3,10-14(21)22)19-15(23)12-4-6-13(7-5-12)20-9-8-18-16(20)24/h4-7,11H,8-10H2,1-3H3,(H,18,24)(H,19,23)(H,21,22). The van der Waals surface area contributed by atoms with E-state index in [2.05, 4.69) is 10.6 Å². The van der Waals surface area contributed by atoms with Gasteiger partial charge in [-0.2, -0.15) is 0 Å². The van der Waals surface area contributed by atoms with Crippen molar-refractivity contribution in [3.8, 4) is 0 Å². The molecule has 3 amide bonds. The Morgan fingerprint density at radius 3 is 2.42 bits per heavy atom. The molecule has 1 aromatic rings. The van der Waals surface area contributed by atoms with Gasteiger partial charge in [-0.25, -0.2) is 4.79 Å². The lowest BCUT2D eigenvalue weighted by molar-refractivity contribution is -0.138. The number of nitrogens with one attached hydrogen (secondary N) is 2. The van der Waals surface area contributed by atoms with E-state index in [1.54, 1.807) is 36.1 Å². The molecule has 0 bridgehead atoms. The molecular weight excluding hydrogens is 310 g/mol. The summed E-state index contributed by atoms with van der Waals surface area (Å²) < 4.78 is 0. The number of carbonyl (C=O) groups is 3. The summed E-state index contributed by atoms with van der Waals surface area (Å²) in [5.41, 5.74) is 0.311. The summed E-state index contributed by atoms with van der Waals surface area (Å²) in [4.78, 5) is 36.8. The number of anilines is 1. The number of urea groups is 1. The van der Waals surface area contributed by atoms with Crippen molar-refractivity contribution in [3.63, 3.8) is 0 Å². The van der Waals surface area contributed by atoms with E-state index in [9.17, 15) is 14.4 Å². The molecule has 1 fully saturated rings. The zero-order valence-electron chi connectivity index (χ0n) is 14.1. The molecule has 7 heteroatoms. The van der Waals surface area contributed by atoms with Crippen molar-refractivity contribution in [2.75, 3.05) is 18.0 Å². The molecule has 3 N–H and O–H groups in total. The smallest absolute Gasteiger partial charge is 0.321 e. The van der Waals surface area contributed by atoms with Gasteiger partial charge in [-0.15, -0.1) is 0 Å². The van der Waals surface area contributed by atoms with Gasteiger partial charge in [0, 0.05) is 24.3 Å². The second-order valence-electron chi connectivity index (χ2n) is 6.53. The van der Waals surface area contributed by atoms with E-state index in [0.29, 0.717) is 18.7 Å². The molecule has 1 aromatic carbocycles. The normalized spacial score (nSPS) is 16.7. The average molecular weight is 333 g/mol. The minimum absolute atomic E-state index is 0.0369. The van der Waals surface area contributed by atoms with Gasteiger partial charge in [0.2, 0.25) is 0 Å². The number of carboxylic acids is 1. The predicted molar refractivity (Wildman–Crippen MR) is 90.1 cm³/mol. The first-order valence-corrected chi connectivity index (χ1v) is 7.92. The number of benzene rings is 1. The second-order valence-corrected chi connectivity index (χ2v) is 6.53. The lowest BCUT2D eigenvalue weighted by atomic mass is 9.85. The maximum atomic E-state index is 12.4. The molecule has 0 aliphatic carbocycles. The Morgan fingerprint density at radius 2 is 1.96 bits per heavy atom. The minimum atomic E-state index is -0.957. The molecule has 2 rings (SSSR count). The fraction of sp³-hybridized carbons (Fsp3) is 0.471. The van der Waals surface area contributed by atoms with Crippen LogP contribution in [0.4, 0.5) is 10.5 Å². The van der Waals surface area contributed by atoms with Crippen LogP contribution in [0, 0.1) is 5.92 Å². The Bertz CT molecular complexity index is 642. The van der Waals surface area contributed by atoms with E-state index in [4.69, 9.17) is 5.11 Å². The van der Waals surface area contributed by atoms with Crippen LogP contribution in [0.1, 0.15) is 37.6 Å². The third kappa shape index (κ3) is 3.84. The molecule has 0 spiro atoms. The molecule has 1 unspecified atom stereocenters. The molecule has 7 nitrogen and oxygen atoms in total. The summed E-state index contributed by atoms with van der Waals surface area (Å²) in [6.07, 6.45) is -0.150. The highest BCUT2D eigenvalue weighted by molar-refractivity contribution is 5.97. The van der Waals surface area contributed by atoms with E-state index in [-0.39, 0.29) is 24.3 Å². The topological polar surface area (TPSA) is 98.7 Å². The van der Waals surface area contributed by atoms with Crippen molar-refractivity contribution >= 4 is 23.6 Å². The van der Waals surface area contributed by atoms with Gasteiger partial charge in [-0.1, -0.05) is 13.8 Å². The van der Waals surface area contributed by atoms with Crippen molar-refractivity contribution in [3.05, 3.63) is 29.8 Å². The quantitative estimate of drug-likeness (QED) is 0.739. The van der Waals surface area contributed by atoms with Gasteiger partial charge in [-0.05, 0) is 37.1 Å². The van der Waals surface area contributed by atoms with Gasteiger partial charge < -0.3 is 15.7 Å². The number of amides is 3. The highest BCUT2D eigenvalue weighted by atomic mass is 16.4. The van der Waals surface area contributed by atoms with Crippen molar-refractivity contribution < 1.29 is 19.5 Å². The Morgan fingerprint density at radius 1 is 1.33 bits per heavy atom. The first-order valence-electron chi connectivity index (χ1n) is 7.92. The van der Waals surface area contributed by atoms with Crippen LogP contribution in [0.25, 0.3) is 0 Å². The number of carboxylic acid groups (broad SMARTS) is 1. The second kappa shape index (κ2) is 6.90. The van der Waals surface area contributed by atoms with Gasteiger partial charge in [0.25, 0.3) is 5.91 Å². The number of hydrogen-bond acceptors (Lipinski definition) is 3. The largest absolute Gasteiger partial charge is 0.481 e. The molecule has 1 saturated heterocycles. The average Bonchev–Trinajstić information content (AvgIpc) is 2.92. The zero-order chi connectivity index (χ0) is 17.9. The maximum absolute atomic E-state index is 12.4. The van der Waals surface area contributed by atoms with E-state index in [1.165, 1.54) is 0 Å². The number of hydrogen-bond donors (Lipinski definition) is 3. The molecule has 1 heterocycles. The highest BCUT2D eigenvalue weighted by Crippen LogP contribution is 2.22. The summed E-state index contributed by atoms with van der Waals surface area (Å²) in [7, 11) is 0. The van der Waals surface area contributed by atoms with Crippen LogP contribution in [-0.4, -0.2) is 41.6 Å². The Kier molecular flexibility index (Phi) is 5.11. The van der Waals surface area contributed by atoms with Crippen LogP contribution < -0.4 is 15.5 Å². The summed E-state index contributed by atoms with van der Waals surface area (Å²) in [5.74, 6) is -1.32. The minimum Gasteiger partial charge on any atom is -0.481 e. The van der Waals surface area contributed by atoms with Gasteiger partial charge in [0.15, 0.2) is 0 Å². The van der Waals surface area contributed by atoms with E-state index < -0.39 is 11.5 Å². The SMILES string of the molecule is CC(C)C(C)(CC(=O)O)NC(=O)c1ccc(N2CCNC2=O)cc1. The van der Waals surface area contributed by atoms with Gasteiger partial charge >= 0.3 is 12.0 Å². The first kappa shape index (κ1) is 17.8. The monoisotopic (exact) mass is 333 g/mol. The summed E-state index contributed by atoms with van der Waals surface area (Å²) >= 11 is 0. The van der Waals surface area contributed by atoms with Crippen LogP contribution in [0.15, 0.2) is 24.3 Å². The lowest BCUT2D eigenvalue weighted by Gasteiger charge is -2.33. The van der Waals surface area contributed by atoms with Crippen molar-refractivity contribution in [2.45, 2.75) is 32.7 Å². The van der Waals surface area contributed by atoms with Crippen LogP contribution in [0.5, 0.6) is 0 Å². The predicted octanol–water partition coefficient (Wildman–Crippen LogP) is 1.84. The highest BCUT2D eigenvalue weighted by Gasteiger charge is 2.33. The first-order chi connectivity index (χ1) is 11.2. The van der Waals surface area contributed by atoms with E-state index >= 15 is 0 Å². The third-order valence-electron chi connectivity index (χ3n) is 4.49. The number of carbonyl (C=O) groups excluding carboxylic acids is 2. The summed E-state index contributed by atoms with van der Waals surface area (Å²) in [5, 5.41) is 14.6. The number of aliphatic carboxylic acids is 1. The summed E-state index contributed by atoms with van der Waals surface area (Å²) in [6, 6.07) is 6.55. The fourth-order valence-corrected chi connectivity index (χ4v) is 2.55. The van der Waals surface area contributed by atoms with Crippen molar-refractivity contribution in [1.29, 1.82) is 0 Å². The molecule has 1 aliphatic rings. The van der Waals surface area contributed by atoms with Gasteiger partial charge in [0.1, 0.15) is 0 Å². The molecule has 0 radical (unpaired) electrons. The maximum Gasteiger partial charge on any atom is 0.321 e.